The molecular weight excluding hydrogens is 338 g/mol. The third-order valence-corrected chi connectivity index (χ3v) is 6.08. The summed E-state index contributed by atoms with van der Waals surface area (Å²) in [5.41, 5.74) is 1.77. The highest BCUT2D eigenvalue weighted by atomic mass is 16.2. The Morgan fingerprint density at radius 3 is 2.70 bits per heavy atom. The van der Waals surface area contributed by atoms with Crippen LogP contribution in [-0.4, -0.2) is 44.7 Å². The van der Waals surface area contributed by atoms with E-state index in [1.165, 1.54) is 0 Å². The van der Waals surface area contributed by atoms with Crippen LogP contribution in [0.2, 0.25) is 0 Å². The van der Waals surface area contributed by atoms with Gasteiger partial charge < -0.3 is 9.80 Å². The highest BCUT2D eigenvalue weighted by Gasteiger charge is 2.53. The number of carbonyl (C=O) groups excluding carboxylic acids is 2. The molecule has 2 aromatic rings. The average molecular weight is 363 g/mol. The Kier molecular flexibility index (Phi) is 4.68. The van der Waals surface area contributed by atoms with E-state index in [-0.39, 0.29) is 23.4 Å². The van der Waals surface area contributed by atoms with E-state index in [2.05, 4.69) is 24.0 Å². The molecule has 1 aromatic carbocycles. The molecule has 2 aliphatic rings. The van der Waals surface area contributed by atoms with E-state index < -0.39 is 0 Å². The smallest absolute Gasteiger partial charge is 0.227 e. The fourth-order valence-corrected chi connectivity index (χ4v) is 4.58. The number of rotatable bonds is 4. The number of benzene rings is 1. The zero-order chi connectivity index (χ0) is 18.9. The van der Waals surface area contributed by atoms with Crippen LogP contribution in [0.1, 0.15) is 37.3 Å². The van der Waals surface area contributed by atoms with E-state index in [0.29, 0.717) is 25.9 Å². The fourth-order valence-electron chi connectivity index (χ4n) is 4.58. The van der Waals surface area contributed by atoms with Gasteiger partial charge in [-0.1, -0.05) is 36.4 Å². The van der Waals surface area contributed by atoms with Crippen molar-refractivity contribution in [3.63, 3.8) is 0 Å². The maximum Gasteiger partial charge on any atom is 0.227 e. The van der Waals surface area contributed by atoms with Gasteiger partial charge >= 0.3 is 0 Å². The molecule has 0 N–H and O–H groups in total. The predicted octanol–water partition coefficient (Wildman–Crippen LogP) is 2.81. The summed E-state index contributed by atoms with van der Waals surface area (Å²) in [5.74, 6) is 0.324. The third-order valence-electron chi connectivity index (χ3n) is 6.08. The van der Waals surface area contributed by atoms with E-state index in [0.717, 1.165) is 24.0 Å². The molecule has 0 saturated carbocycles. The predicted molar refractivity (Wildman–Crippen MR) is 103 cm³/mol. The average Bonchev–Trinajstić information content (AvgIpc) is 3.04. The van der Waals surface area contributed by atoms with Gasteiger partial charge in [0, 0.05) is 31.9 Å². The Morgan fingerprint density at radius 2 is 1.96 bits per heavy atom. The summed E-state index contributed by atoms with van der Waals surface area (Å²) in [6.07, 6.45) is 5.92. The monoisotopic (exact) mass is 363 g/mol. The Hall–Kier alpha value is -2.69. The highest BCUT2D eigenvalue weighted by molar-refractivity contribution is 5.82. The van der Waals surface area contributed by atoms with Crippen LogP contribution in [0.5, 0.6) is 0 Å². The van der Waals surface area contributed by atoms with Crippen LogP contribution < -0.4 is 0 Å². The summed E-state index contributed by atoms with van der Waals surface area (Å²) in [7, 11) is 0. The third kappa shape index (κ3) is 3.34. The Labute approximate surface area is 160 Å². The maximum absolute atomic E-state index is 13.0. The Balaban J connectivity index is 1.53. The van der Waals surface area contributed by atoms with Crippen LogP contribution in [0.4, 0.5) is 0 Å². The molecule has 5 heteroatoms. The molecule has 27 heavy (non-hydrogen) atoms. The number of likely N-dealkylation sites (tertiary alicyclic amines) is 2. The van der Waals surface area contributed by atoms with Gasteiger partial charge in [0.1, 0.15) is 0 Å². The molecule has 2 saturated heterocycles. The first kappa shape index (κ1) is 17.7. The quantitative estimate of drug-likeness (QED) is 0.839. The van der Waals surface area contributed by atoms with Gasteiger partial charge in [-0.15, -0.1) is 0 Å². The number of nitrogens with zero attached hydrogens (tertiary/aromatic N) is 3. The second-order valence-corrected chi connectivity index (χ2v) is 7.75. The van der Waals surface area contributed by atoms with Gasteiger partial charge in [0.25, 0.3) is 0 Å². The molecule has 1 aromatic heterocycles. The van der Waals surface area contributed by atoms with Crippen LogP contribution in [0.3, 0.4) is 0 Å². The summed E-state index contributed by atoms with van der Waals surface area (Å²) >= 11 is 0. The number of pyridine rings is 1. The topological polar surface area (TPSA) is 53.5 Å². The van der Waals surface area contributed by atoms with Crippen LogP contribution in [0.25, 0.3) is 0 Å². The molecule has 0 aliphatic carbocycles. The standard InChI is InChI=1S/C22H25N3O2/c1-22-11-13-24(21(27)14-18-8-5-12-23-15-18)19(22)9-10-20(26)25(22)16-17-6-3-2-4-7-17/h2-8,12,15,19H,9-11,13-14,16H2,1H3/t19-,22-/m0/s1. The number of hydrogen-bond donors (Lipinski definition) is 0. The summed E-state index contributed by atoms with van der Waals surface area (Å²) in [5, 5.41) is 0. The van der Waals surface area contributed by atoms with Crippen molar-refractivity contribution < 1.29 is 9.59 Å². The van der Waals surface area contributed by atoms with Crippen LogP contribution in [0, 0.1) is 0 Å². The number of piperidine rings is 1. The van der Waals surface area contributed by atoms with Crippen molar-refractivity contribution in [1.82, 2.24) is 14.8 Å². The van der Waals surface area contributed by atoms with Crippen molar-refractivity contribution in [1.29, 1.82) is 0 Å². The molecule has 2 atom stereocenters. The number of hydrogen-bond acceptors (Lipinski definition) is 3. The maximum atomic E-state index is 13.0. The lowest BCUT2D eigenvalue weighted by Gasteiger charge is -2.47. The summed E-state index contributed by atoms with van der Waals surface area (Å²) in [4.78, 5) is 33.8. The van der Waals surface area contributed by atoms with Gasteiger partial charge in [0.05, 0.1) is 18.0 Å². The molecule has 0 spiro atoms. The SMILES string of the molecule is C[C@]12CCN(C(=O)Cc3cccnc3)[C@H]1CCC(=O)N2Cc1ccccc1. The van der Waals surface area contributed by atoms with Gasteiger partial charge in [-0.3, -0.25) is 14.6 Å². The van der Waals surface area contributed by atoms with Crippen molar-refractivity contribution in [2.45, 2.75) is 50.7 Å². The van der Waals surface area contributed by atoms with Crippen molar-refractivity contribution in [2.75, 3.05) is 6.54 Å². The summed E-state index contributed by atoms with van der Waals surface area (Å²) in [6.45, 7) is 3.46. The zero-order valence-corrected chi connectivity index (χ0v) is 15.7. The van der Waals surface area contributed by atoms with E-state index in [1.54, 1.807) is 12.4 Å². The fraction of sp³-hybridized carbons (Fsp3) is 0.409. The van der Waals surface area contributed by atoms with Crippen LogP contribution in [0.15, 0.2) is 54.9 Å². The first-order chi connectivity index (χ1) is 13.1. The second-order valence-electron chi connectivity index (χ2n) is 7.75. The molecule has 5 nitrogen and oxygen atoms in total. The minimum atomic E-state index is -0.296. The van der Waals surface area contributed by atoms with Crippen molar-refractivity contribution in [3.05, 3.63) is 66.0 Å². The molecule has 0 unspecified atom stereocenters. The van der Waals surface area contributed by atoms with Gasteiger partial charge in [-0.2, -0.15) is 0 Å². The van der Waals surface area contributed by atoms with E-state index >= 15 is 0 Å². The number of fused-ring (bicyclic) bond motifs is 1. The molecule has 2 fully saturated rings. The first-order valence-corrected chi connectivity index (χ1v) is 9.61. The first-order valence-electron chi connectivity index (χ1n) is 9.61. The summed E-state index contributed by atoms with van der Waals surface area (Å²) in [6, 6.07) is 14.0. The molecule has 0 bridgehead atoms. The Bertz CT molecular complexity index is 824. The molecule has 0 radical (unpaired) electrons. The minimum absolute atomic E-state index is 0.0862. The number of carbonyl (C=O) groups is 2. The molecule has 4 rings (SSSR count). The molecular formula is C22H25N3O2. The van der Waals surface area contributed by atoms with Crippen LogP contribution in [-0.2, 0) is 22.6 Å². The lowest BCUT2D eigenvalue weighted by Crippen LogP contribution is -2.60. The number of amides is 2. The highest BCUT2D eigenvalue weighted by Crippen LogP contribution is 2.41. The summed E-state index contributed by atoms with van der Waals surface area (Å²) < 4.78 is 0. The van der Waals surface area contributed by atoms with Crippen molar-refractivity contribution >= 4 is 11.8 Å². The molecule has 140 valence electrons. The van der Waals surface area contributed by atoms with Gasteiger partial charge in [-0.25, -0.2) is 0 Å². The van der Waals surface area contributed by atoms with Crippen LogP contribution >= 0.6 is 0 Å². The Morgan fingerprint density at radius 1 is 1.19 bits per heavy atom. The largest absolute Gasteiger partial charge is 0.337 e. The van der Waals surface area contributed by atoms with Crippen molar-refractivity contribution in [2.24, 2.45) is 0 Å². The second kappa shape index (κ2) is 7.14. The molecule has 3 heterocycles. The normalized spacial score (nSPS) is 24.8. The molecule has 2 amide bonds. The lowest BCUT2D eigenvalue weighted by molar-refractivity contribution is -0.148. The van der Waals surface area contributed by atoms with Gasteiger partial charge in [-0.05, 0) is 37.0 Å². The molecule has 2 aliphatic heterocycles. The van der Waals surface area contributed by atoms with E-state index in [4.69, 9.17) is 0 Å². The number of aromatic nitrogens is 1. The van der Waals surface area contributed by atoms with E-state index in [1.807, 2.05) is 40.1 Å². The van der Waals surface area contributed by atoms with Crippen molar-refractivity contribution in [3.8, 4) is 0 Å². The van der Waals surface area contributed by atoms with E-state index in [9.17, 15) is 9.59 Å². The minimum Gasteiger partial charge on any atom is -0.337 e. The van der Waals surface area contributed by atoms with Gasteiger partial charge in [0.2, 0.25) is 11.8 Å². The zero-order valence-electron chi connectivity index (χ0n) is 15.7. The lowest BCUT2D eigenvalue weighted by atomic mass is 9.83. The van der Waals surface area contributed by atoms with Gasteiger partial charge in [0.15, 0.2) is 0 Å².